The van der Waals surface area contributed by atoms with E-state index in [1.165, 1.54) is 39.2 Å². The van der Waals surface area contributed by atoms with Crippen molar-refractivity contribution < 1.29 is 0 Å². The Kier molecular flexibility index (Phi) is 13.7. The van der Waals surface area contributed by atoms with Crippen LogP contribution < -0.4 is 0 Å². The third kappa shape index (κ3) is 8.20. The molecule has 0 aromatic carbocycles. The molecule has 0 aliphatic carbocycles. The Hall–Kier alpha value is 2.31. The van der Waals surface area contributed by atoms with Crippen LogP contribution in [0.1, 0.15) is 189 Å². The molecule has 9 rings (SSSR count). The second-order valence-corrected chi connectivity index (χ2v) is 135. The average Bonchev–Trinajstić information content (AvgIpc) is 3.76. The van der Waals surface area contributed by atoms with Gasteiger partial charge in [-0.15, -0.1) is 0 Å². The van der Waals surface area contributed by atoms with Crippen LogP contribution in [0.4, 0.5) is 0 Å². The molecule has 3 aromatic rings. The van der Waals surface area contributed by atoms with Gasteiger partial charge in [-0.25, -0.2) is 0 Å². The molecule has 0 radical (unpaired) electrons. The van der Waals surface area contributed by atoms with Crippen molar-refractivity contribution >= 4 is 176 Å². The van der Waals surface area contributed by atoms with Crippen LogP contribution in [-0.4, -0.2) is 102 Å². The molecule has 370 valence electrons. The van der Waals surface area contributed by atoms with Crippen molar-refractivity contribution in [3.63, 3.8) is 0 Å². The number of fused-ring (bicyclic) bond motifs is 2. The van der Waals surface area contributed by atoms with Crippen molar-refractivity contribution in [1.82, 2.24) is 39.9 Å². The Morgan fingerprint density at radius 3 is 0.647 bits per heavy atom. The molecule has 6 aliphatic heterocycles. The molecule has 0 amide bonds. The number of hydrogen-bond donors (Lipinski definition) is 2. The van der Waals surface area contributed by atoms with E-state index in [0.717, 1.165) is 45.9 Å². The molecular formula is C48H74N8S8Sn4. The van der Waals surface area contributed by atoms with Gasteiger partial charge in [-0.1, -0.05) is 0 Å². The minimum atomic E-state index is -3.81. The van der Waals surface area contributed by atoms with Gasteiger partial charge in [0.05, 0.1) is 0 Å². The van der Waals surface area contributed by atoms with E-state index in [-0.39, 0.29) is 27.4 Å². The number of aromatic amines is 2. The van der Waals surface area contributed by atoms with Gasteiger partial charge in [-0.3, -0.25) is 0 Å². The van der Waals surface area contributed by atoms with Crippen LogP contribution in [0.2, 0.25) is 27.4 Å². The maximum atomic E-state index is 5.83. The normalized spacial score (nSPS) is 21.4. The standard InChI is InChI=1S/C16H10N8S8.8C4H9.4Sn/c25-1-2(26)10-17-9(1)21-11-3(27)4(28)13(18-11)23-15-7(31)8(32)16(20-15)24-14-6(30)5(29)12(19-14)22-10;8*1-4(2)3;;;;/h25-32H,(H2,17,18,19,20,21,22,23,24);8*1-3H3;;;;/q;;;;;;;;;4*+2/p-8. The zero-order valence-electron chi connectivity index (χ0n) is 44.9. The summed E-state index contributed by atoms with van der Waals surface area (Å²) in [4.78, 5) is 52.8. The van der Waals surface area contributed by atoms with Gasteiger partial charge in [0.1, 0.15) is 0 Å². The molecule has 0 atom stereocenters. The predicted molar refractivity (Wildman–Crippen MR) is 320 cm³/mol. The van der Waals surface area contributed by atoms with E-state index in [2.05, 4.69) is 248 Å². The van der Waals surface area contributed by atoms with Gasteiger partial charge in [-0.05, 0) is 0 Å². The van der Waals surface area contributed by atoms with Crippen LogP contribution in [0.5, 0.6) is 0 Å². The van der Waals surface area contributed by atoms with E-state index >= 15 is 0 Å². The Balaban J connectivity index is 1.61. The summed E-state index contributed by atoms with van der Waals surface area (Å²) in [5.41, 5.74) is 3.69. The first-order chi connectivity index (χ1) is 30.6. The Morgan fingerprint density at radius 2 is 0.426 bits per heavy atom. The summed E-state index contributed by atoms with van der Waals surface area (Å²) >= 11 is -15.2. The number of H-pyrrole nitrogens is 2. The molecule has 68 heavy (non-hydrogen) atoms. The first-order valence-electron chi connectivity index (χ1n) is 23.9. The first kappa shape index (κ1) is 55.1. The molecule has 0 fully saturated rings. The topological polar surface area (TPSA) is 109 Å². The van der Waals surface area contributed by atoms with Crippen LogP contribution in [0.25, 0.3) is 42.2 Å². The molecule has 2 N–H and O–H groups in total. The van der Waals surface area contributed by atoms with Crippen LogP contribution in [0, 0.1) is 0 Å². The van der Waals surface area contributed by atoms with Gasteiger partial charge in [0, 0.05) is 0 Å². The third-order valence-electron chi connectivity index (χ3n) is 14.1. The van der Waals surface area contributed by atoms with E-state index in [1.54, 1.807) is 0 Å². The average molecular weight is 1490 g/mol. The van der Waals surface area contributed by atoms with Crippen LogP contribution >= 0.6 is 71.6 Å². The predicted octanol–water partition coefficient (Wildman–Crippen LogP) is 19.1. The van der Waals surface area contributed by atoms with E-state index in [4.69, 9.17) is 29.9 Å². The number of nitrogens with one attached hydrogen (secondary N) is 2. The first-order valence-corrected chi connectivity index (χ1v) is 69.9. The SMILES string of the molecule is C[C](C)(C)[Sn]1([C](C)(C)C)[S]C2=C3[S][Sn]([C](C)(C)C)([C](C)(C)C)[S]c4c5c6nc7[nH]c8nc9nc(nc2nc3nc4[nH]6)C(=C9[S][Sn]([C](C)(C)C)([C](C)(C)C)[S]c8c7[S][Sn]([C](C)(C)C)([C](C)(C)C)[S]5)[S]1. The molecule has 0 spiro atoms. The molecular weight excluding hydrogens is 1420 g/mol. The van der Waals surface area contributed by atoms with Crippen molar-refractivity contribution in [1.29, 1.82) is 0 Å². The van der Waals surface area contributed by atoms with Gasteiger partial charge < -0.3 is 0 Å². The second-order valence-electron chi connectivity index (χ2n) is 27.5. The summed E-state index contributed by atoms with van der Waals surface area (Å²) < 4.78 is 0.290. The van der Waals surface area contributed by atoms with Gasteiger partial charge in [0.2, 0.25) is 0 Å². The molecule has 0 unspecified atom stereocenters. The summed E-state index contributed by atoms with van der Waals surface area (Å²) in [5.74, 6) is 3.23. The van der Waals surface area contributed by atoms with Crippen molar-refractivity contribution in [3.8, 4) is 0 Å². The third-order valence-corrected chi connectivity index (χ3v) is 180. The number of rotatable bonds is 0. The zero-order valence-corrected chi connectivity index (χ0v) is 62.9. The Morgan fingerprint density at radius 1 is 0.250 bits per heavy atom. The van der Waals surface area contributed by atoms with Gasteiger partial charge in [0.15, 0.2) is 0 Å². The Labute approximate surface area is 445 Å². The maximum absolute atomic E-state index is 5.83. The van der Waals surface area contributed by atoms with Gasteiger partial charge >= 0.3 is 453 Å². The fourth-order valence-corrected chi connectivity index (χ4v) is 147. The molecule has 0 saturated carbocycles. The fourth-order valence-electron chi connectivity index (χ4n) is 11.7. The number of nitrogens with zero attached hydrogens (tertiary/aromatic N) is 6. The van der Waals surface area contributed by atoms with E-state index in [1.807, 2.05) is 0 Å². The van der Waals surface area contributed by atoms with Crippen molar-refractivity contribution in [3.05, 3.63) is 23.3 Å². The quantitative estimate of drug-likeness (QED) is 0.209. The van der Waals surface area contributed by atoms with Crippen molar-refractivity contribution in [2.75, 3.05) is 0 Å². The van der Waals surface area contributed by atoms with E-state index in [9.17, 15) is 0 Å². The summed E-state index contributed by atoms with van der Waals surface area (Å²) in [5, 5.41) is 0. The number of aromatic nitrogens is 8. The van der Waals surface area contributed by atoms with E-state index in [0.29, 0.717) is 0 Å². The van der Waals surface area contributed by atoms with Gasteiger partial charge in [0.25, 0.3) is 0 Å². The van der Waals surface area contributed by atoms with Crippen molar-refractivity contribution in [2.24, 2.45) is 0 Å². The molecule has 9 heterocycles. The second kappa shape index (κ2) is 16.9. The molecule has 6 aliphatic rings. The molecule has 0 saturated heterocycles. The summed E-state index contributed by atoms with van der Waals surface area (Å²) in [6.45, 7) is 61.1. The van der Waals surface area contributed by atoms with Crippen LogP contribution in [0.15, 0.2) is 19.6 Å². The minimum absolute atomic E-state index is 0.0286. The van der Waals surface area contributed by atoms with Crippen LogP contribution in [0.3, 0.4) is 0 Å². The summed E-state index contributed by atoms with van der Waals surface area (Å²) in [7, 11) is 18.0. The zero-order chi connectivity index (χ0) is 50.6. The summed E-state index contributed by atoms with van der Waals surface area (Å²) in [6, 6.07) is 0. The number of hydrogen-bond acceptors (Lipinski definition) is 14. The van der Waals surface area contributed by atoms with Gasteiger partial charge in [-0.2, -0.15) is 0 Å². The fraction of sp³-hybridized carbons (Fsp3) is 0.667. The monoisotopic (exact) mass is 1500 g/mol. The Bertz CT molecular complexity index is 2700. The molecule has 20 heteroatoms. The van der Waals surface area contributed by atoms with Crippen molar-refractivity contribution in [2.45, 2.75) is 213 Å². The molecule has 8 bridgehead atoms. The van der Waals surface area contributed by atoms with Crippen LogP contribution in [-0.2, 0) is 0 Å². The molecule has 3 aromatic heterocycles. The molecule has 8 nitrogen and oxygen atoms in total. The summed E-state index contributed by atoms with van der Waals surface area (Å²) in [6.07, 6.45) is 0. The van der Waals surface area contributed by atoms with E-state index < -0.39 is 62.4 Å².